The fourth-order valence-electron chi connectivity index (χ4n) is 3.40. The molecule has 0 fully saturated rings. The molecule has 6 nitrogen and oxygen atoms in total. The molecule has 1 aromatic heterocycles. The van der Waals surface area contributed by atoms with E-state index in [4.69, 9.17) is 15.6 Å². The Labute approximate surface area is 203 Å². The number of rotatable bonds is 10. The Bertz CT molecular complexity index is 999. The third kappa shape index (κ3) is 7.05. The molecule has 1 aromatic carbocycles. The number of amides is 1. The van der Waals surface area contributed by atoms with Crippen LogP contribution in [0.1, 0.15) is 50.8 Å². The number of pyridine rings is 1. The summed E-state index contributed by atoms with van der Waals surface area (Å²) in [6.07, 6.45) is 7.09. The molecule has 0 radical (unpaired) electrons. The second-order valence-corrected chi connectivity index (χ2v) is 14.6. The monoisotopic (exact) mass is 486 g/mol. The first-order valence-electron chi connectivity index (χ1n) is 11.2. The molecular weight excluding hydrogens is 451 g/mol. The van der Waals surface area contributed by atoms with Crippen molar-refractivity contribution >= 4 is 14.4 Å². The van der Waals surface area contributed by atoms with Gasteiger partial charge in [0.15, 0.2) is 8.32 Å². The number of benzene rings is 1. The molecule has 2 aromatic rings. The Kier molecular flexibility index (Phi) is 9.25. The second kappa shape index (κ2) is 11.5. The highest BCUT2D eigenvalue weighted by Gasteiger charge is 2.43. The number of methoxy groups -OCH3 is 1. The molecule has 0 aliphatic heterocycles. The molecule has 1 heterocycles. The first-order chi connectivity index (χ1) is 15.9. The third-order valence-electron chi connectivity index (χ3n) is 6.37. The first-order valence-corrected chi connectivity index (χ1v) is 14.1. The smallest absolute Gasteiger partial charge is 0.407 e. The van der Waals surface area contributed by atoms with E-state index in [9.17, 15) is 14.3 Å². The van der Waals surface area contributed by atoms with E-state index < -0.39 is 32.4 Å². The fourth-order valence-corrected chi connectivity index (χ4v) is 4.68. The number of aromatic nitrogens is 1. The van der Waals surface area contributed by atoms with Gasteiger partial charge in [0.25, 0.3) is 0 Å². The van der Waals surface area contributed by atoms with Crippen LogP contribution in [0.15, 0.2) is 42.7 Å². The van der Waals surface area contributed by atoms with Gasteiger partial charge in [-0.25, -0.2) is 9.18 Å². The van der Waals surface area contributed by atoms with Crippen LogP contribution < -0.4 is 4.74 Å². The summed E-state index contributed by atoms with van der Waals surface area (Å²) in [6, 6.07) is 7.92. The lowest BCUT2D eigenvalue weighted by atomic mass is 9.97. The lowest BCUT2D eigenvalue weighted by Crippen LogP contribution is -2.49. The van der Waals surface area contributed by atoms with Crippen LogP contribution in [-0.2, 0) is 11.0 Å². The van der Waals surface area contributed by atoms with Gasteiger partial charge in [0.05, 0.1) is 25.5 Å². The summed E-state index contributed by atoms with van der Waals surface area (Å²) in [5.74, 6) is 2.79. The van der Waals surface area contributed by atoms with Crippen LogP contribution in [0.2, 0.25) is 18.1 Å². The summed E-state index contributed by atoms with van der Waals surface area (Å²) in [7, 11) is -0.820. The summed E-state index contributed by atoms with van der Waals surface area (Å²) in [6.45, 7) is 10.6. The topological polar surface area (TPSA) is 71.9 Å². The van der Waals surface area contributed by atoms with Crippen LogP contribution >= 0.6 is 0 Å². The van der Waals surface area contributed by atoms with Crippen molar-refractivity contribution in [2.24, 2.45) is 0 Å². The normalized spacial score (nSPS) is 13.6. The van der Waals surface area contributed by atoms with Gasteiger partial charge in [-0.15, -0.1) is 12.3 Å². The number of terminal acetylenes is 1. The van der Waals surface area contributed by atoms with E-state index in [1.165, 1.54) is 17.2 Å². The molecule has 1 unspecified atom stereocenters. The highest BCUT2D eigenvalue weighted by Crippen LogP contribution is 2.42. The van der Waals surface area contributed by atoms with Gasteiger partial charge in [-0.3, -0.25) is 9.88 Å². The Morgan fingerprint density at radius 3 is 2.41 bits per heavy atom. The molecule has 0 aliphatic carbocycles. The largest absolute Gasteiger partial charge is 0.497 e. The Hall–Kier alpha value is -2.89. The molecule has 0 bridgehead atoms. The number of halogens is 1. The van der Waals surface area contributed by atoms with Crippen LogP contribution in [-0.4, -0.2) is 42.6 Å². The van der Waals surface area contributed by atoms with Crippen molar-refractivity contribution in [2.75, 3.05) is 7.11 Å². The first kappa shape index (κ1) is 27.4. The standard InChI is InChI=1S/C26H35FN2O4Si/c1-8-9-10-23(29(25(30)31)18-19-11-13-22(32-5)14-12-19)24(20-15-21(27)17-28-16-20)33-34(6,7)26(2,3)4/h1,11-17,23-24H,9-10,18H2,2-7H3,(H,30,31)/t23-,24?/m1/s1. The number of carboxylic acid groups (broad SMARTS) is 1. The molecular formula is C26H35FN2O4Si. The van der Waals surface area contributed by atoms with Gasteiger partial charge >= 0.3 is 6.09 Å². The molecule has 0 spiro atoms. The number of carbonyl (C=O) groups is 1. The van der Waals surface area contributed by atoms with Gasteiger partial charge in [-0.2, -0.15) is 0 Å². The summed E-state index contributed by atoms with van der Waals surface area (Å²) in [4.78, 5) is 17.9. The molecule has 0 saturated heterocycles. The third-order valence-corrected chi connectivity index (χ3v) is 10.8. The van der Waals surface area contributed by atoms with E-state index in [0.29, 0.717) is 24.2 Å². The van der Waals surface area contributed by atoms with Crippen molar-refractivity contribution in [3.8, 4) is 18.1 Å². The quantitative estimate of drug-likeness (QED) is 0.317. The van der Waals surface area contributed by atoms with E-state index in [-0.39, 0.29) is 11.6 Å². The van der Waals surface area contributed by atoms with Crippen LogP contribution in [0.25, 0.3) is 0 Å². The molecule has 1 amide bonds. The molecule has 0 saturated carbocycles. The summed E-state index contributed by atoms with van der Waals surface area (Å²) >= 11 is 0. The van der Waals surface area contributed by atoms with E-state index in [1.807, 2.05) is 12.1 Å². The number of hydrogen-bond acceptors (Lipinski definition) is 4. The zero-order valence-corrected chi connectivity index (χ0v) is 21.8. The lowest BCUT2D eigenvalue weighted by molar-refractivity contribution is 0.0459. The predicted octanol–water partition coefficient (Wildman–Crippen LogP) is 6.25. The van der Waals surface area contributed by atoms with Crippen molar-refractivity contribution in [2.45, 2.75) is 70.4 Å². The summed E-state index contributed by atoms with van der Waals surface area (Å²) < 4.78 is 26.2. The van der Waals surface area contributed by atoms with Gasteiger partial charge in [0, 0.05) is 24.7 Å². The van der Waals surface area contributed by atoms with Crippen LogP contribution in [0.4, 0.5) is 9.18 Å². The van der Waals surface area contributed by atoms with Gasteiger partial charge in [-0.05, 0) is 48.3 Å². The van der Waals surface area contributed by atoms with E-state index in [0.717, 1.165) is 11.8 Å². The predicted molar refractivity (Wildman–Crippen MR) is 134 cm³/mol. The van der Waals surface area contributed by atoms with Crippen molar-refractivity contribution in [3.05, 3.63) is 59.7 Å². The average molecular weight is 487 g/mol. The molecule has 2 atom stereocenters. The van der Waals surface area contributed by atoms with Gasteiger partial charge in [0.1, 0.15) is 11.6 Å². The maximum atomic E-state index is 14.2. The van der Waals surface area contributed by atoms with Crippen molar-refractivity contribution in [1.29, 1.82) is 0 Å². The minimum atomic E-state index is -2.39. The van der Waals surface area contributed by atoms with Crippen LogP contribution in [0.5, 0.6) is 5.75 Å². The summed E-state index contributed by atoms with van der Waals surface area (Å²) in [5.41, 5.74) is 1.28. The molecule has 8 heteroatoms. The zero-order chi connectivity index (χ0) is 25.5. The maximum absolute atomic E-state index is 14.2. The molecule has 2 rings (SSSR count). The van der Waals surface area contributed by atoms with Crippen molar-refractivity contribution in [1.82, 2.24) is 9.88 Å². The molecule has 34 heavy (non-hydrogen) atoms. The molecule has 1 N–H and O–H groups in total. The van der Waals surface area contributed by atoms with E-state index >= 15 is 0 Å². The van der Waals surface area contributed by atoms with Crippen LogP contribution in [0.3, 0.4) is 0 Å². The van der Waals surface area contributed by atoms with E-state index in [1.54, 1.807) is 19.2 Å². The van der Waals surface area contributed by atoms with Crippen molar-refractivity contribution in [3.63, 3.8) is 0 Å². The molecule has 184 valence electrons. The fraction of sp³-hybridized carbons (Fsp3) is 0.462. The van der Waals surface area contributed by atoms with Crippen LogP contribution in [0, 0.1) is 18.2 Å². The zero-order valence-electron chi connectivity index (χ0n) is 20.8. The van der Waals surface area contributed by atoms with Gasteiger partial charge < -0.3 is 14.3 Å². The second-order valence-electron chi connectivity index (χ2n) is 9.80. The lowest BCUT2D eigenvalue weighted by Gasteiger charge is -2.43. The highest BCUT2D eigenvalue weighted by molar-refractivity contribution is 6.74. The SMILES string of the molecule is C#CCC[C@H](C(O[Si](C)(C)C(C)(C)C)c1cncc(F)c1)N(Cc1ccc(OC)cc1)C(=O)O. The Morgan fingerprint density at radius 1 is 1.26 bits per heavy atom. The average Bonchev–Trinajstić information content (AvgIpc) is 2.77. The minimum Gasteiger partial charge on any atom is -0.497 e. The Balaban J connectivity index is 2.56. The minimum absolute atomic E-state index is 0.120. The number of hydrogen-bond donors (Lipinski definition) is 1. The maximum Gasteiger partial charge on any atom is 0.407 e. The molecule has 0 aliphatic rings. The number of ether oxygens (including phenoxy) is 1. The Morgan fingerprint density at radius 2 is 1.91 bits per heavy atom. The van der Waals surface area contributed by atoms with Crippen molar-refractivity contribution < 1.29 is 23.5 Å². The number of nitrogens with zero attached hydrogens (tertiary/aromatic N) is 2. The summed E-state index contributed by atoms with van der Waals surface area (Å²) in [5, 5.41) is 10.1. The highest BCUT2D eigenvalue weighted by atomic mass is 28.4. The van der Waals surface area contributed by atoms with Gasteiger partial charge in [0.2, 0.25) is 0 Å². The van der Waals surface area contributed by atoms with E-state index in [2.05, 4.69) is 44.8 Å². The van der Waals surface area contributed by atoms with Gasteiger partial charge in [-0.1, -0.05) is 32.9 Å².